The second kappa shape index (κ2) is 4.95. The summed E-state index contributed by atoms with van der Waals surface area (Å²) in [5.41, 5.74) is 0.425. The van der Waals surface area contributed by atoms with Crippen molar-refractivity contribution >= 4 is 5.91 Å². The molecule has 0 fully saturated rings. The van der Waals surface area contributed by atoms with Crippen LogP contribution in [0.3, 0.4) is 0 Å². The maximum absolute atomic E-state index is 13.4. The molecular weight excluding hydrogens is 242 g/mol. The van der Waals surface area contributed by atoms with Crippen LogP contribution in [0.4, 0.5) is 8.78 Å². The fraction of sp³-hybridized carbons (Fsp3) is 0.167. The summed E-state index contributed by atoms with van der Waals surface area (Å²) in [4.78, 5) is 16.3. The summed E-state index contributed by atoms with van der Waals surface area (Å²) in [6, 6.07) is 2.83. The van der Waals surface area contributed by atoms with Gasteiger partial charge in [-0.2, -0.15) is 4.39 Å². The Labute approximate surface area is 102 Å². The van der Waals surface area contributed by atoms with Crippen molar-refractivity contribution < 1.29 is 18.0 Å². The quantitative estimate of drug-likeness (QED) is 0.787. The average Bonchev–Trinajstić information content (AvgIpc) is 2.84. The minimum atomic E-state index is -1.28. The molecule has 0 aromatic carbocycles. The monoisotopic (exact) mass is 252 g/mol. The van der Waals surface area contributed by atoms with Crippen LogP contribution in [0.1, 0.15) is 15.9 Å². The average molecular weight is 252 g/mol. The Bertz CT molecular complexity index is 555. The molecule has 2 aromatic rings. The van der Waals surface area contributed by atoms with Crippen molar-refractivity contribution in [3.8, 4) is 0 Å². The smallest absolute Gasteiger partial charge is 0.257 e. The van der Waals surface area contributed by atoms with Gasteiger partial charge in [-0.25, -0.2) is 9.37 Å². The number of amides is 1. The molecule has 0 aliphatic heterocycles. The van der Waals surface area contributed by atoms with Gasteiger partial charge in [0.05, 0.1) is 18.1 Å². The van der Waals surface area contributed by atoms with Crippen molar-refractivity contribution in [1.29, 1.82) is 0 Å². The minimum Gasteiger partial charge on any atom is -0.472 e. The van der Waals surface area contributed by atoms with Crippen LogP contribution in [0.15, 0.2) is 35.3 Å². The molecule has 0 N–H and O–H groups in total. The summed E-state index contributed by atoms with van der Waals surface area (Å²) in [6.45, 7) is 0.249. The van der Waals surface area contributed by atoms with E-state index in [0.29, 0.717) is 0 Å². The van der Waals surface area contributed by atoms with E-state index in [1.54, 1.807) is 6.07 Å². The summed E-state index contributed by atoms with van der Waals surface area (Å²) < 4.78 is 31.2. The highest BCUT2D eigenvalue weighted by molar-refractivity contribution is 5.94. The Morgan fingerprint density at radius 3 is 2.89 bits per heavy atom. The first-order valence-electron chi connectivity index (χ1n) is 5.16. The number of pyridine rings is 1. The van der Waals surface area contributed by atoms with Crippen LogP contribution in [-0.4, -0.2) is 22.8 Å². The lowest BCUT2D eigenvalue weighted by molar-refractivity contribution is 0.0778. The van der Waals surface area contributed by atoms with E-state index in [1.165, 1.54) is 24.5 Å². The van der Waals surface area contributed by atoms with Gasteiger partial charge in [-0.1, -0.05) is 0 Å². The minimum absolute atomic E-state index is 0.249. The summed E-state index contributed by atoms with van der Waals surface area (Å²) >= 11 is 0. The van der Waals surface area contributed by atoms with Gasteiger partial charge >= 0.3 is 0 Å². The molecule has 0 radical (unpaired) electrons. The lowest BCUT2D eigenvalue weighted by Gasteiger charge is -2.16. The SMILES string of the molecule is CN(Cc1ccoc1)C(=O)c1ccnc(F)c1F. The number of nitrogens with zero attached hydrogens (tertiary/aromatic N) is 2. The molecule has 0 spiro atoms. The van der Waals surface area contributed by atoms with E-state index < -0.39 is 17.7 Å². The molecule has 2 rings (SSSR count). The number of furan rings is 1. The van der Waals surface area contributed by atoms with Gasteiger partial charge < -0.3 is 9.32 Å². The highest BCUT2D eigenvalue weighted by atomic mass is 19.2. The molecule has 0 aliphatic carbocycles. The highest BCUT2D eigenvalue weighted by Gasteiger charge is 2.19. The van der Waals surface area contributed by atoms with Gasteiger partial charge in [-0.05, 0) is 12.1 Å². The molecule has 2 aromatic heterocycles. The van der Waals surface area contributed by atoms with E-state index in [-0.39, 0.29) is 12.1 Å². The number of carbonyl (C=O) groups is 1. The van der Waals surface area contributed by atoms with E-state index >= 15 is 0 Å². The first-order chi connectivity index (χ1) is 8.59. The number of hydrogen-bond acceptors (Lipinski definition) is 3. The van der Waals surface area contributed by atoms with Crippen LogP contribution in [0, 0.1) is 11.8 Å². The predicted molar refractivity (Wildman–Crippen MR) is 58.7 cm³/mol. The van der Waals surface area contributed by atoms with Crippen molar-refractivity contribution in [1.82, 2.24) is 9.88 Å². The van der Waals surface area contributed by atoms with Gasteiger partial charge in [0.25, 0.3) is 5.91 Å². The summed E-state index contributed by atoms with van der Waals surface area (Å²) in [5.74, 6) is -3.13. The molecule has 0 atom stereocenters. The molecule has 6 heteroatoms. The number of rotatable bonds is 3. The normalized spacial score (nSPS) is 10.4. The zero-order valence-corrected chi connectivity index (χ0v) is 9.56. The fourth-order valence-electron chi connectivity index (χ4n) is 1.52. The van der Waals surface area contributed by atoms with Crippen LogP contribution < -0.4 is 0 Å². The van der Waals surface area contributed by atoms with Gasteiger partial charge in [-0.15, -0.1) is 0 Å². The third-order valence-corrected chi connectivity index (χ3v) is 2.42. The van der Waals surface area contributed by atoms with Crippen molar-refractivity contribution in [3.05, 3.63) is 53.7 Å². The number of halogens is 2. The molecule has 18 heavy (non-hydrogen) atoms. The van der Waals surface area contributed by atoms with Crippen molar-refractivity contribution in [2.45, 2.75) is 6.54 Å². The molecule has 1 amide bonds. The summed E-state index contributed by atoms with van der Waals surface area (Å²) in [7, 11) is 1.49. The largest absolute Gasteiger partial charge is 0.472 e. The van der Waals surface area contributed by atoms with Crippen molar-refractivity contribution in [2.75, 3.05) is 7.05 Å². The first-order valence-corrected chi connectivity index (χ1v) is 5.16. The number of aromatic nitrogens is 1. The van der Waals surface area contributed by atoms with E-state index in [2.05, 4.69) is 4.98 Å². The fourth-order valence-corrected chi connectivity index (χ4v) is 1.52. The Balaban J connectivity index is 2.18. The zero-order chi connectivity index (χ0) is 13.1. The molecule has 0 saturated carbocycles. The van der Waals surface area contributed by atoms with Crippen LogP contribution in [0.25, 0.3) is 0 Å². The molecule has 0 aliphatic rings. The summed E-state index contributed by atoms with van der Waals surface area (Å²) in [5, 5.41) is 0. The van der Waals surface area contributed by atoms with Crippen LogP contribution in [0.2, 0.25) is 0 Å². The molecule has 4 nitrogen and oxygen atoms in total. The van der Waals surface area contributed by atoms with E-state index in [1.807, 2.05) is 0 Å². The van der Waals surface area contributed by atoms with E-state index in [9.17, 15) is 13.6 Å². The Morgan fingerprint density at radius 1 is 1.44 bits per heavy atom. The Morgan fingerprint density at radius 2 is 2.22 bits per heavy atom. The van der Waals surface area contributed by atoms with Gasteiger partial charge in [0.1, 0.15) is 0 Å². The maximum atomic E-state index is 13.4. The highest BCUT2D eigenvalue weighted by Crippen LogP contribution is 2.13. The molecule has 94 valence electrons. The number of hydrogen-bond donors (Lipinski definition) is 0. The Kier molecular flexibility index (Phi) is 3.36. The predicted octanol–water partition coefficient (Wildman–Crippen LogP) is 2.22. The first kappa shape index (κ1) is 12.2. The van der Waals surface area contributed by atoms with Crippen molar-refractivity contribution in [2.24, 2.45) is 0 Å². The third-order valence-electron chi connectivity index (χ3n) is 2.42. The second-order valence-corrected chi connectivity index (χ2v) is 3.76. The van der Waals surface area contributed by atoms with Gasteiger partial charge in [0.15, 0.2) is 5.82 Å². The standard InChI is InChI=1S/C12H10F2N2O2/c1-16(6-8-3-5-18-7-8)12(17)9-2-4-15-11(14)10(9)13/h2-5,7H,6H2,1H3. The molecule has 0 unspecified atom stereocenters. The van der Waals surface area contributed by atoms with Gasteiger partial charge in [0, 0.05) is 25.4 Å². The molecule has 0 bridgehead atoms. The lowest BCUT2D eigenvalue weighted by Crippen LogP contribution is -2.27. The van der Waals surface area contributed by atoms with E-state index in [4.69, 9.17) is 4.42 Å². The number of carbonyl (C=O) groups excluding carboxylic acids is 1. The third kappa shape index (κ3) is 2.37. The van der Waals surface area contributed by atoms with Gasteiger partial charge in [-0.3, -0.25) is 4.79 Å². The van der Waals surface area contributed by atoms with Crippen LogP contribution in [0.5, 0.6) is 0 Å². The van der Waals surface area contributed by atoms with Crippen LogP contribution in [-0.2, 0) is 6.54 Å². The molecular formula is C12H10F2N2O2. The summed E-state index contributed by atoms with van der Waals surface area (Å²) in [6.07, 6.45) is 4.00. The van der Waals surface area contributed by atoms with Crippen molar-refractivity contribution in [3.63, 3.8) is 0 Å². The second-order valence-electron chi connectivity index (χ2n) is 3.76. The molecule has 0 saturated heterocycles. The topological polar surface area (TPSA) is 46.3 Å². The van der Waals surface area contributed by atoms with Gasteiger partial charge in [0.2, 0.25) is 5.95 Å². The zero-order valence-electron chi connectivity index (χ0n) is 9.56. The Hall–Kier alpha value is -2.24. The van der Waals surface area contributed by atoms with Crippen LogP contribution >= 0.6 is 0 Å². The lowest BCUT2D eigenvalue weighted by atomic mass is 10.2. The molecule has 2 heterocycles. The van der Waals surface area contributed by atoms with E-state index in [0.717, 1.165) is 17.8 Å². The maximum Gasteiger partial charge on any atom is 0.257 e.